The largest absolute Gasteiger partial charge is 0.383 e. The van der Waals surface area contributed by atoms with E-state index in [4.69, 9.17) is 11.6 Å². The number of halogens is 5. The molecule has 1 N–H and O–H groups in total. The van der Waals surface area contributed by atoms with Crippen LogP contribution in [0.2, 0.25) is 4.34 Å². The normalized spacial score (nSPS) is 11.9. The molecule has 0 aliphatic heterocycles. The number of rotatable bonds is 4. The monoisotopic (exact) mass is 275 g/mol. The number of hydrogen-bond donors (Lipinski definition) is 1. The predicted molar refractivity (Wildman–Crippen MR) is 52.1 cm³/mol. The lowest BCUT2D eigenvalue weighted by atomic mass is 10.3. The first-order chi connectivity index (χ1) is 7.34. The number of carbonyl (C=O) groups excluding carboxylic acids is 1. The molecule has 1 amide bonds. The summed E-state index contributed by atoms with van der Waals surface area (Å²) in [6.07, 6.45) is -4.01. The van der Waals surface area contributed by atoms with Gasteiger partial charge >= 0.3 is 12.3 Å². The van der Waals surface area contributed by atoms with Crippen molar-refractivity contribution in [1.29, 1.82) is 0 Å². The average molecular weight is 276 g/mol. The number of alkyl halides is 4. The highest BCUT2D eigenvalue weighted by molar-refractivity contribution is 7.16. The van der Waals surface area contributed by atoms with Gasteiger partial charge < -0.3 is 5.32 Å². The van der Waals surface area contributed by atoms with Crippen LogP contribution in [-0.4, -0.2) is 18.3 Å². The maximum atomic E-state index is 12.5. The predicted octanol–water partition coefficient (Wildman–Crippen LogP) is 2.92. The Hall–Kier alpha value is -0.820. The zero-order valence-electron chi connectivity index (χ0n) is 7.65. The minimum atomic E-state index is -4.67. The number of amides is 1. The van der Waals surface area contributed by atoms with Gasteiger partial charge in [-0.2, -0.15) is 8.78 Å². The molecule has 0 aromatic carbocycles. The van der Waals surface area contributed by atoms with Crippen LogP contribution in [0.1, 0.15) is 4.88 Å². The summed E-state index contributed by atoms with van der Waals surface area (Å²) in [6, 6.07) is 3.02. The van der Waals surface area contributed by atoms with Gasteiger partial charge in [-0.3, -0.25) is 4.79 Å². The fourth-order valence-electron chi connectivity index (χ4n) is 0.831. The third-order valence-electron chi connectivity index (χ3n) is 1.63. The van der Waals surface area contributed by atoms with Crippen LogP contribution in [-0.2, 0) is 11.3 Å². The van der Waals surface area contributed by atoms with Crippen molar-refractivity contribution < 1.29 is 22.4 Å². The second-order valence-electron chi connectivity index (χ2n) is 2.81. The van der Waals surface area contributed by atoms with Crippen LogP contribution in [0.4, 0.5) is 17.6 Å². The van der Waals surface area contributed by atoms with Gasteiger partial charge in [-0.1, -0.05) is 11.6 Å². The highest BCUT2D eigenvalue weighted by Crippen LogP contribution is 2.24. The first kappa shape index (κ1) is 13.2. The highest BCUT2D eigenvalue weighted by atomic mass is 35.5. The molecule has 0 saturated carbocycles. The van der Waals surface area contributed by atoms with Gasteiger partial charge in [0, 0.05) is 4.88 Å². The van der Waals surface area contributed by atoms with Gasteiger partial charge in [-0.05, 0) is 12.1 Å². The van der Waals surface area contributed by atoms with Crippen molar-refractivity contribution in [3.63, 3.8) is 0 Å². The second-order valence-corrected chi connectivity index (χ2v) is 4.61. The molecule has 0 aliphatic carbocycles. The number of carbonyl (C=O) groups is 1. The minimum absolute atomic E-state index is 0.251. The molecule has 0 spiro atoms. The first-order valence-electron chi connectivity index (χ1n) is 4.02. The molecule has 0 saturated heterocycles. The van der Waals surface area contributed by atoms with Gasteiger partial charge in [0.2, 0.25) is 0 Å². The fraction of sp³-hybridized carbons (Fsp3) is 0.375. The third kappa shape index (κ3) is 3.08. The topological polar surface area (TPSA) is 29.1 Å². The number of nitrogens with one attached hydrogen (secondary N) is 1. The van der Waals surface area contributed by atoms with E-state index in [-0.39, 0.29) is 6.54 Å². The molecule has 0 bridgehead atoms. The summed E-state index contributed by atoms with van der Waals surface area (Å²) in [5.74, 6) is -6.66. The van der Waals surface area contributed by atoms with Gasteiger partial charge in [0.1, 0.15) is 0 Å². The van der Waals surface area contributed by atoms with Crippen LogP contribution in [0.15, 0.2) is 12.1 Å². The standard InChI is InChI=1S/C8H6ClF4NOS/c9-5-2-1-4(16-5)3-14-7(15)8(12,13)6(10)11/h1-2,6H,3H2,(H,14,15). The van der Waals surface area contributed by atoms with Gasteiger partial charge in [0.25, 0.3) is 5.91 Å². The Balaban J connectivity index is 2.53. The lowest BCUT2D eigenvalue weighted by molar-refractivity contribution is -0.169. The van der Waals surface area contributed by atoms with Crippen molar-refractivity contribution in [1.82, 2.24) is 5.32 Å². The molecule has 0 fully saturated rings. The molecule has 16 heavy (non-hydrogen) atoms. The van der Waals surface area contributed by atoms with Crippen molar-refractivity contribution in [2.75, 3.05) is 0 Å². The molecule has 1 heterocycles. The molecule has 1 aromatic rings. The summed E-state index contributed by atoms with van der Waals surface area (Å²) in [7, 11) is 0. The molecular weight excluding hydrogens is 270 g/mol. The summed E-state index contributed by atoms with van der Waals surface area (Å²) in [6.45, 7) is -0.251. The lowest BCUT2D eigenvalue weighted by Gasteiger charge is -2.14. The molecule has 0 radical (unpaired) electrons. The summed E-state index contributed by atoms with van der Waals surface area (Å²) in [5, 5.41) is 1.72. The van der Waals surface area contributed by atoms with Crippen molar-refractivity contribution in [2.45, 2.75) is 18.9 Å². The molecule has 1 rings (SSSR count). The van der Waals surface area contributed by atoms with Gasteiger partial charge in [0.05, 0.1) is 10.9 Å². The minimum Gasteiger partial charge on any atom is -0.346 e. The van der Waals surface area contributed by atoms with Crippen LogP contribution in [0, 0.1) is 0 Å². The zero-order chi connectivity index (χ0) is 12.3. The van der Waals surface area contributed by atoms with Crippen LogP contribution in [0.3, 0.4) is 0 Å². The molecule has 90 valence electrons. The SMILES string of the molecule is O=C(NCc1ccc(Cl)s1)C(F)(F)C(F)F. The van der Waals surface area contributed by atoms with E-state index in [1.165, 1.54) is 12.1 Å². The van der Waals surface area contributed by atoms with Crippen LogP contribution in [0.25, 0.3) is 0 Å². The smallest absolute Gasteiger partial charge is 0.346 e. The lowest BCUT2D eigenvalue weighted by Crippen LogP contribution is -2.44. The van der Waals surface area contributed by atoms with E-state index >= 15 is 0 Å². The Morgan fingerprint density at radius 3 is 2.56 bits per heavy atom. The third-order valence-corrected chi connectivity index (χ3v) is 2.86. The van der Waals surface area contributed by atoms with Crippen molar-refractivity contribution >= 4 is 28.8 Å². The van der Waals surface area contributed by atoms with Gasteiger partial charge in [-0.15, -0.1) is 11.3 Å². The Bertz CT molecular complexity index is 382. The van der Waals surface area contributed by atoms with Crippen molar-refractivity contribution in [2.24, 2.45) is 0 Å². The fourth-order valence-corrected chi connectivity index (χ4v) is 1.86. The van der Waals surface area contributed by atoms with E-state index in [1.54, 1.807) is 5.32 Å². The Kier molecular flexibility index (Phi) is 4.15. The van der Waals surface area contributed by atoms with E-state index in [0.29, 0.717) is 9.21 Å². The molecule has 8 heteroatoms. The molecule has 0 aliphatic rings. The van der Waals surface area contributed by atoms with E-state index in [0.717, 1.165) is 11.3 Å². The molecule has 0 unspecified atom stereocenters. The van der Waals surface area contributed by atoms with E-state index < -0.39 is 18.3 Å². The van der Waals surface area contributed by atoms with Crippen LogP contribution in [0.5, 0.6) is 0 Å². The Morgan fingerprint density at radius 2 is 2.12 bits per heavy atom. The van der Waals surface area contributed by atoms with Gasteiger partial charge in [0.15, 0.2) is 0 Å². The van der Waals surface area contributed by atoms with Crippen LogP contribution < -0.4 is 5.32 Å². The quantitative estimate of drug-likeness (QED) is 0.841. The summed E-state index contributed by atoms with van der Waals surface area (Å²) in [5.41, 5.74) is 0. The van der Waals surface area contributed by atoms with E-state index in [9.17, 15) is 22.4 Å². The van der Waals surface area contributed by atoms with Crippen molar-refractivity contribution in [3.8, 4) is 0 Å². The number of hydrogen-bond acceptors (Lipinski definition) is 2. The average Bonchev–Trinajstić information content (AvgIpc) is 2.60. The molecule has 0 atom stereocenters. The molecular formula is C8H6ClF4NOS. The zero-order valence-corrected chi connectivity index (χ0v) is 9.22. The molecule has 1 aromatic heterocycles. The Morgan fingerprint density at radius 1 is 1.50 bits per heavy atom. The number of thiophene rings is 1. The second kappa shape index (κ2) is 5.01. The molecule has 2 nitrogen and oxygen atoms in total. The maximum absolute atomic E-state index is 12.5. The summed E-state index contributed by atoms with van der Waals surface area (Å²) >= 11 is 6.62. The summed E-state index contributed by atoms with van der Waals surface area (Å²) in [4.78, 5) is 11.2. The van der Waals surface area contributed by atoms with E-state index in [1.807, 2.05) is 0 Å². The highest BCUT2D eigenvalue weighted by Gasteiger charge is 2.48. The maximum Gasteiger partial charge on any atom is 0.383 e. The summed E-state index contributed by atoms with van der Waals surface area (Å²) < 4.78 is 48.9. The first-order valence-corrected chi connectivity index (χ1v) is 5.22. The van der Waals surface area contributed by atoms with Crippen molar-refractivity contribution in [3.05, 3.63) is 21.3 Å². The van der Waals surface area contributed by atoms with Crippen LogP contribution >= 0.6 is 22.9 Å². The Labute approximate surface area is 97.2 Å². The van der Waals surface area contributed by atoms with Gasteiger partial charge in [-0.25, -0.2) is 8.78 Å². The van der Waals surface area contributed by atoms with E-state index in [2.05, 4.69) is 0 Å².